The van der Waals surface area contributed by atoms with E-state index in [9.17, 15) is 4.79 Å². The molecule has 1 aromatic carbocycles. The molecule has 21 heavy (non-hydrogen) atoms. The first-order chi connectivity index (χ1) is 10.1. The van der Waals surface area contributed by atoms with E-state index in [1.54, 1.807) is 0 Å². The number of carboxylic acid groups (broad SMARTS) is 1. The second-order valence-electron chi connectivity index (χ2n) is 5.50. The molecule has 0 spiro atoms. The predicted octanol–water partition coefficient (Wildman–Crippen LogP) is 3.69. The monoisotopic (exact) mass is 348 g/mol. The molecular formula is C16H17BrN2O2. The smallest absolute Gasteiger partial charge is 0.303 e. The molecule has 1 aliphatic rings. The highest BCUT2D eigenvalue weighted by Gasteiger charge is 2.23. The lowest BCUT2D eigenvalue weighted by atomic mass is 9.93. The van der Waals surface area contributed by atoms with Crippen LogP contribution in [0.1, 0.15) is 19.3 Å². The van der Waals surface area contributed by atoms with E-state index in [1.807, 2.05) is 24.4 Å². The van der Waals surface area contributed by atoms with Crippen LogP contribution in [-0.2, 0) is 4.79 Å². The number of hydrogen-bond acceptors (Lipinski definition) is 3. The van der Waals surface area contributed by atoms with E-state index in [1.165, 1.54) is 0 Å². The number of halogens is 1. The minimum Gasteiger partial charge on any atom is -0.481 e. The number of nitrogens with zero attached hydrogens (tertiary/aromatic N) is 2. The molecule has 0 atom stereocenters. The quantitative estimate of drug-likeness (QED) is 0.918. The molecule has 1 saturated heterocycles. The molecule has 0 saturated carbocycles. The Labute approximate surface area is 131 Å². The van der Waals surface area contributed by atoms with Crippen LogP contribution in [0.25, 0.3) is 10.8 Å². The van der Waals surface area contributed by atoms with Gasteiger partial charge in [-0.05, 0) is 30.9 Å². The normalized spacial score (nSPS) is 16.3. The number of carboxylic acids is 1. The topological polar surface area (TPSA) is 53.4 Å². The summed E-state index contributed by atoms with van der Waals surface area (Å²) in [4.78, 5) is 17.6. The van der Waals surface area contributed by atoms with Gasteiger partial charge in [-0.3, -0.25) is 4.79 Å². The minimum atomic E-state index is -0.694. The number of anilines is 1. The van der Waals surface area contributed by atoms with Crippen molar-refractivity contribution < 1.29 is 9.90 Å². The number of aromatic nitrogens is 1. The molecule has 2 aromatic rings. The second kappa shape index (κ2) is 6.02. The van der Waals surface area contributed by atoms with Crippen molar-refractivity contribution in [3.05, 3.63) is 34.9 Å². The van der Waals surface area contributed by atoms with Crippen LogP contribution in [0, 0.1) is 5.92 Å². The van der Waals surface area contributed by atoms with E-state index in [0.717, 1.165) is 47.0 Å². The lowest BCUT2D eigenvalue weighted by molar-refractivity contribution is -0.138. The fourth-order valence-electron chi connectivity index (χ4n) is 3.00. The largest absolute Gasteiger partial charge is 0.481 e. The van der Waals surface area contributed by atoms with Gasteiger partial charge in [0.05, 0.1) is 0 Å². The Hall–Kier alpha value is -1.62. The molecule has 2 heterocycles. The molecule has 110 valence electrons. The van der Waals surface area contributed by atoms with Gasteiger partial charge < -0.3 is 10.0 Å². The fourth-order valence-corrected chi connectivity index (χ4v) is 3.50. The van der Waals surface area contributed by atoms with Crippen LogP contribution in [0.5, 0.6) is 0 Å². The summed E-state index contributed by atoms with van der Waals surface area (Å²) in [6, 6.07) is 8.16. The second-order valence-corrected chi connectivity index (χ2v) is 6.35. The van der Waals surface area contributed by atoms with Gasteiger partial charge in [0.2, 0.25) is 0 Å². The number of benzene rings is 1. The van der Waals surface area contributed by atoms with Crippen LogP contribution in [0.3, 0.4) is 0 Å². The van der Waals surface area contributed by atoms with Gasteiger partial charge in [-0.25, -0.2) is 4.98 Å². The third kappa shape index (κ3) is 3.02. The maximum Gasteiger partial charge on any atom is 0.303 e. The molecule has 0 amide bonds. The molecule has 5 heteroatoms. The van der Waals surface area contributed by atoms with Gasteiger partial charge in [0.15, 0.2) is 0 Å². The molecule has 1 N–H and O–H groups in total. The van der Waals surface area contributed by atoms with Crippen molar-refractivity contribution >= 4 is 38.5 Å². The van der Waals surface area contributed by atoms with Crippen LogP contribution < -0.4 is 4.90 Å². The Bertz CT molecular complexity index is 666. The molecule has 0 bridgehead atoms. The van der Waals surface area contributed by atoms with E-state index in [0.29, 0.717) is 5.92 Å². The Morgan fingerprint density at radius 2 is 2.05 bits per heavy atom. The zero-order valence-electron chi connectivity index (χ0n) is 11.6. The summed E-state index contributed by atoms with van der Waals surface area (Å²) in [5.41, 5.74) is 0. The van der Waals surface area contributed by atoms with Crippen LogP contribution >= 0.6 is 15.9 Å². The Morgan fingerprint density at radius 1 is 1.29 bits per heavy atom. The van der Waals surface area contributed by atoms with Gasteiger partial charge in [-0.15, -0.1) is 0 Å². The standard InChI is InChI=1S/C16H17BrN2O2/c17-14-3-1-2-13-12(14)4-7-18-16(13)19-8-5-11(6-9-19)10-15(20)21/h1-4,7,11H,5-6,8-10H2,(H,20,21). The van der Waals surface area contributed by atoms with E-state index in [-0.39, 0.29) is 6.42 Å². The number of piperidine rings is 1. The third-order valence-electron chi connectivity index (χ3n) is 4.11. The number of aliphatic carboxylic acids is 1. The average molecular weight is 349 g/mol. The average Bonchev–Trinajstić information content (AvgIpc) is 2.48. The lowest BCUT2D eigenvalue weighted by Crippen LogP contribution is -2.35. The first-order valence-electron chi connectivity index (χ1n) is 7.15. The highest BCUT2D eigenvalue weighted by atomic mass is 79.9. The van der Waals surface area contributed by atoms with Crippen LogP contribution in [0.2, 0.25) is 0 Å². The SMILES string of the molecule is O=C(O)CC1CCN(c2nccc3c(Br)cccc23)CC1. The van der Waals surface area contributed by atoms with E-state index >= 15 is 0 Å². The van der Waals surface area contributed by atoms with Gasteiger partial charge in [-0.2, -0.15) is 0 Å². The molecule has 0 radical (unpaired) electrons. The Balaban J connectivity index is 1.83. The first-order valence-corrected chi connectivity index (χ1v) is 7.94. The van der Waals surface area contributed by atoms with Gasteiger partial charge in [-0.1, -0.05) is 28.1 Å². The zero-order chi connectivity index (χ0) is 14.8. The van der Waals surface area contributed by atoms with E-state index < -0.39 is 5.97 Å². The van der Waals surface area contributed by atoms with Crippen LogP contribution in [-0.4, -0.2) is 29.1 Å². The summed E-state index contributed by atoms with van der Waals surface area (Å²) < 4.78 is 1.07. The Kier molecular flexibility index (Phi) is 4.10. The summed E-state index contributed by atoms with van der Waals surface area (Å²) in [6.45, 7) is 1.74. The zero-order valence-corrected chi connectivity index (χ0v) is 13.2. The number of rotatable bonds is 3. The summed E-state index contributed by atoms with van der Waals surface area (Å²) in [6.07, 6.45) is 3.95. The van der Waals surface area contributed by atoms with E-state index in [2.05, 4.69) is 31.9 Å². The highest BCUT2D eigenvalue weighted by molar-refractivity contribution is 9.10. The fraction of sp³-hybridized carbons (Fsp3) is 0.375. The van der Waals surface area contributed by atoms with Gasteiger partial charge in [0.1, 0.15) is 5.82 Å². The maximum absolute atomic E-state index is 10.8. The molecule has 3 rings (SSSR count). The van der Waals surface area contributed by atoms with Crippen molar-refractivity contribution in [2.45, 2.75) is 19.3 Å². The molecule has 0 unspecified atom stereocenters. The van der Waals surface area contributed by atoms with Crippen molar-refractivity contribution in [2.24, 2.45) is 5.92 Å². The minimum absolute atomic E-state index is 0.280. The summed E-state index contributed by atoms with van der Waals surface area (Å²) in [5, 5.41) is 11.2. The van der Waals surface area contributed by atoms with Gasteiger partial charge >= 0.3 is 5.97 Å². The summed E-state index contributed by atoms with van der Waals surface area (Å²) in [7, 11) is 0. The molecule has 1 aromatic heterocycles. The predicted molar refractivity (Wildman–Crippen MR) is 86.6 cm³/mol. The maximum atomic E-state index is 10.8. The highest BCUT2D eigenvalue weighted by Crippen LogP contribution is 2.32. The van der Waals surface area contributed by atoms with E-state index in [4.69, 9.17) is 5.11 Å². The van der Waals surface area contributed by atoms with Gasteiger partial charge in [0, 0.05) is 41.0 Å². The van der Waals surface area contributed by atoms with Crippen molar-refractivity contribution in [3.8, 4) is 0 Å². The van der Waals surface area contributed by atoms with Crippen molar-refractivity contribution in [3.63, 3.8) is 0 Å². The molecule has 1 aliphatic heterocycles. The Morgan fingerprint density at radius 3 is 2.76 bits per heavy atom. The number of hydrogen-bond donors (Lipinski definition) is 1. The molecular weight excluding hydrogens is 332 g/mol. The van der Waals surface area contributed by atoms with Crippen molar-refractivity contribution in [2.75, 3.05) is 18.0 Å². The number of fused-ring (bicyclic) bond motifs is 1. The lowest BCUT2D eigenvalue weighted by Gasteiger charge is -2.32. The van der Waals surface area contributed by atoms with Crippen LogP contribution in [0.15, 0.2) is 34.9 Å². The first kappa shape index (κ1) is 14.3. The molecule has 1 fully saturated rings. The molecule has 0 aliphatic carbocycles. The van der Waals surface area contributed by atoms with Crippen molar-refractivity contribution in [1.29, 1.82) is 0 Å². The van der Waals surface area contributed by atoms with Gasteiger partial charge in [0.25, 0.3) is 0 Å². The summed E-state index contributed by atoms with van der Waals surface area (Å²) >= 11 is 3.58. The van der Waals surface area contributed by atoms with Crippen LogP contribution in [0.4, 0.5) is 5.82 Å². The number of pyridine rings is 1. The summed E-state index contributed by atoms with van der Waals surface area (Å²) in [5.74, 6) is 0.601. The third-order valence-corrected chi connectivity index (χ3v) is 4.80. The molecule has 4 nitrogen and oxygen atoms in total. The van der Waals surface area contributed by atoms with Crippen molar-refractivity contribution in [1.82, 2.24) is 4.98 Å². The number of carbonyl (C=O) groups is 1.